The molecule has 1 N–H and O–H groups in total. The van der Waals surface area contributed by atoms with Gasteiger partial charge < -0.3 is 5.32 Å². The predicted molar refractivity (Wildman–Crippen MR) is 62.0 cm³/mol. The Morgan fingerprint density at radius 1 is 1.60 bits per heavy atom. The van der Waals surface area contributed by atoms with Crippen LogP contribution in [0.4, 0.5) is 0 Å². The van der Waals surface area contributed by atoms with Gasteiger partial charge in [0.15, 0.2) is 0 Å². The van der Waals surface area contributed by atoms with E-state index in [0.717, 1.165) is 19.5 Å². The Morgan fingerprint density at radius 3 is 3.00 bits per heavy atom. The van der Waals surface area contributed by atoms with E-state index in [-0.39, 0.29) is 5.54 Å². The largest absolute Gasteiger partial charge is 0.311 e. The Morgan fingerprint density at radius 2 is 2.40 bits per heavy atom. The molecule has 2 rings (SSSR count). The van der Waals surface area contributed by atoms with Crippen molar-refractivity contribution >= 4 is 0 Å². The fourth-order valence-electron chi connectivity index (χ4n) is 2.52. The van der Waals surface area contributed by atoms with Crippen molar-refractivity contribution in [3.05, 3.63) is 18.0 Å². The number of nitrogens with one attached hydrogen (secondary N) is 1. The van der Waals surface area contributed by atoms with Crippen molar-refractivity contribution in [2.24, 2.45) is 0 Å². The van der Waals surface area contributed by atoms with Crippen molar-refractivity contribution in [3.63, 3.8) is 0 Å². The maximum Gasteiger partial charge on any atom is 0.0525 e. The second-order valence-electron chi connectivity index (χ2n) is 5.03. The summed E-state index contributed by atoms with van der Waals surface area (Å²) in [5, 5.41) is 7.95. The standard InChI is InChI=1S/C12H21N3/c1-4-7-15-9-10(8-14-15)11-5-6-13-12(11,2)3/h8-9,11,13H,4-7H2,1-3H3. The van der Waals surface area contributed by atoms with E-state index >= 15 is 0 Å². The molecule has 1 aromatic heterocycles. The first-order valence-electron chi connectivity index (χ1n) is 5.91. The average molecular weight is 207 g/mol. The zero-order chi connectivity index (χ0) is 10.9. The summed E-state index contributed by atoms with van der Waals surface area (Å²) in [7, 11) is 0. The molecule has 1 atom stereocenters. The van der Waals surface area contributed by atoms with Crippen LogP contribution in [0.25, 0.3) is 0 Å². The van der Waals surface area contributed by atoms with Gasteiger partial charge in [0.05, 0.1) is 6.20 Å². The summed E-state index contributed by atoms with van der Waals surface area (Å²) in [6, 6.07) is 0. The molecule has 15 heavy (non-hydrogen) atoms. The van der Waals surface area contributed by atoms with Gasteiger partial charge >= 0.3 is 0 Å². The lowest BCUT2D eigenvalue weighted by atomic mass is 9.85. The van der Waals surface area contributed by atoms with E-state index in [2.05, 4.69) is 42.1 Å². The van der Waals surface area contributed by atoms with E-state index in [0.29, 0.717) is 5.92 Å². The van der Waals surface area contributed by atoms with Crippen molar-refractivity contribution in [3.8, 4) is 0 Å². The fraction of sp³-hybridized carbons (Fsp3) is 0.750. The number of aromatic nitrogens is 2. The minimum Gasteiger partial charge on any atom is -0.311 e. The highest BCUT2D eigenvalue weighted by molar-refractivity contribution is 5.19. The second kappa shape index (κ2) is 3.97. The van der Waals surface area contributed by atoms with Gasteiger partial charge in [-0.1, -0.05) is 6.92 Å². The third-order valence-corrected chi connectivity index (χ3v) is 3.39. The summed E-state index contributed by atoms with van der Waals surface area (Å²) < 4.78 is 2.06. The molecular formula is C12H21N3. The Hall–Kier alpha value is -0.830. The fourth-order valence-corrected chi connectivity index (χ4v) is 2.52. The summed E-state index contributed by atoms with van der Waals surface area (Å²) in [4.78, 5) is 0. The Labute approximate surface area is 91.9 Å². The van der Waals surface area contributed by atoms with Gasteiger partial charge in [-0.05, 0) is 38.8 Å². The van der Waals surface area contributed by atoms with Crippen molar-refractivity contribution in [1.82, 2.24) is 15.1 Å². The minimum absolute atomic E-state index is 0.222. The molecule has 0 aliphatic carbocycles. The highest BCUT2D eigenvalue weighted by Gasteiger charge is 2.35. The molecule has 1 unspecified atom stereocenters. The molecule has 3 heteroatoms. The number of aryl methyl sites for hydroxylation is 1. The van der Waals surface area contributed by atoms with Gasteiger partial charge in [-0.3, -0.25) is 4.68 Å². The van der Waals surface area contributed by atoms with Crippen molar-refractivity contribution in [2.75, 3.05) is 6.54 Å². The normalized spacial score (nSPS) is 24.6. The molecule has 0 saturated carbocycles. The number of hydrogen-bond donors (Lipinski definition) is 1. The van der Waals surface area contributed by atoms with E-state index in [1.54, 1.807) is 0 Å². The van der Waals surface area contributed by atoms with Crippen molar-refractivity contribution in [1.29, 1.82) is 0 Å². The van der Waals surface area contributed by atoms with E-state index in [1.165, 1.54) is 12.0 Å². The van der Waals surface area contributed by atoms with Crippen LogP contribution in [-0.4, -0.2) is 21.9 Å². The van der Waals surface area contributed by atoms with Crippen LogP contribution in [0.3, 0.4) is 0 Å². The second-order valence-corrected chi connectivity index (χ2v) is 5.03. The molecule has 0 radical (unpaired) electrons. The number of hydrogen-bond acceptors (Lipinski definition) is 2. The van der Waals surface area contributed by atoms with Crippen LogP contribution in [0.15, 0.2) is 12.4 Å². The van der Waals surface area contributed by atoms with Gasteiger partial charge in [0.1, 0.15) is 0 Å². The first-order valence-corrected chi connectivity index (χ1v) is 5.91. The highest BCUT2D eigenvalue weighted by Crippen LogP contribution is 2.34. The predicted octanol–water partition coefficient (Wildman–Crippen LogP) is 2.15. The van der Waals surface area contributed by atoms with E-state index in [4.69, 9.17) is 0 Å². The van der Waals surface area contributed by atoms with Crippen LogP contribution in [0.2, 0.25) is 0 Å². The molecule has 1 fully saturated rings. The Balaban J connectivity index is 2.15. The van der Waals surface area contributed by atoms with Crippen LogP contribution in [0.1, 0.15) is 45.1 Å². The summed E-state index contributed by atoms with van der Waals surface area (Å²) in [5.41, 5.74) is 1.61. The van der Waals surface area contributed by atoms with Gasteiger partial charge in [0.25, 0.3) is 0 Å². The zero-order valence-corrected chi connectivity index (χ0v) is 9.95. The molecule has 0 bridgehead atoms. The van der Waals surface area contributed by atoms with Gasteiger partial charge in [-0.2, -0.15) is 5.10 Å². The summed E-state index contributed by atoms with van der Waals surface area (Å²) in [6.07, 6.45) is 6.62. The third kappa shape index (κ3) is 2.07. The quantitative estimate of drug-likeness (QED) is 0.823. The maximum absolute atomic E-state index is 4.40. The summed E-state index contributed by atoms with van der Waals surface area (Å²) in [5.74, 6) is 0.614. The monoisotopic (exact) mass is 207 g/mol. The summed E-state index contributed by atoms with van der Waals surface area (Å²) >= 11 is 0. The van der Waals surface area contributed by atoms with E-state index in [9.17, 15) is 0 Å². The molecule has 0 amide bonds. The average Bonchev–Trinajstić information content (AvgIpc) is 2.72. The van der Waals surface area contributed by atoms with Gasteiger partial charge in [0.2, 0.25) is 0 Å². The highest BCUT2D eigenvalue weighted by atomic mass is 15.3. The van der Waals surface area contributed by atoms with Crippen LogP contribution >= 0.6 is 0 Å². The smallest absolute Gasteiger partial charge is 0.0525 e. The minimum atomic E-state index is 0.222. The van der Waals surface area contributed by atoms with E-state index in [1.807, 2.05) is 6.20 Å². The van der Waals surface area contributed by atoms with Crippen LogP contribution in [-0.2, 0) is 6.54 Å². The molecular weight excluding hydrogens is 186 g/mol. The molecule has 0 aromatic carbocycles. The van der Waals surface area contributed by atoms with Crippen LogP contribution in [0, 0.1) is 0 Å². The number of rotatable bonds is 3. The molecule has 1 aliphatic heterocycles. The third-order valence-electron chi connectivity index (χ3n) is 3.39. The molecule has 1 aliphatic rings. The zero-order valence-electron chi connectivity index (χ0n) is 9.95. The molecule has 2 heterocycles. The van der Waals surface area contributed by atoms with Crippen molar-refractivity contribution < 1.29 is 0 Å². The summed E-state index contributed by atoms with van der Waals surface area (Å²) in [6.45, 7) is 8.89. The van der Waals surface area contributed by atoms with Gasteiger partial charge in [-0.15, -0.1) is 0 Å². The topological polar surface area (TPSA) is 29.9 Å². The van der Waals surface area contributed by atoms with Gasteiger partial charge in [-0.25, -0.2) is 0 Å². The lowest BCUT2D eigenvalue weighted by Gasteiger charge is -2.26. The van der Waals surface area contributed by atoms with Crippen LogP contribution in [0.5, 0.6) is 0 Å². The van der Waals surface area contributed by atoms with Crippen molar-refractivity contribution in [2.45, 2.75) is 51.6 Å². The first kappa shape index (κ1) is 10.7. The van der Waals surface area contributed by atoms with E-state index < -0.39 is 0 Å². The molecule has 1 saturated heterocycles. The lowest BCUT2D eigenvalue weighted by molar-refractivity contribution is 0.410. The Kier molecular flexibility index (Phi) is 2.83. The van der Waals surface area contributed by atoms with Gasteiger partial charge in [0, 0.05) is 24.2 Å². The lowest BCUT2D eigenvalue weighted by Crippen LogP contribution is -2.36. The molecule has 84 valence electrons. The number of nitrogens with zero attached hydrogens (tertiary/aromatic N) is 2. The molecule has 1 aromatic rings. The first-order chi connectivity index (χ1) is 7.13. The molecule has 0 spiro atoms. The SMILES string of the molecule is CCCn1cc(C2CCNC2(C)C)cn1. The van der Waals surface area contributed by atoms with Crippen LogP contribution < -0.4 is 5.32 Å². The Bertz CT molecular complexity index is 327. The maximum atomic E-state index is 4.40. The molecule has 3 nitrogen and oxygen atoms in total.